The summed E-state index contributed by atoms with van der Waals surface area (Å²) in [6.45, 7) is 8.36. The zero-order valence-electron chi connectivity index (χ0n) is 11.0. The Morgan fingerprint density at radius 3 is 2.56 bits per heavy atom. The van der Waals surface area contributed by atoms with Gasteiger partial charge in [0.05, 0.1) is 0 Å². The Morgan fingerprint density at radius 2 is 2.00 bits per heavy atom. The van der Waals surface area contributed by atoms with Gasteiger partial charge in [0, 0.05) is 18.6 Å². The molecule has 0 bridgehead atoms. The molecule has 94 valence electrons. The lowest BCUT2D eigenvalue weighted by molar-refractivity contribution is 0.244. The Morgan fingerprint density at radius 1 is 1.25 bits per heavy atom. The fourth-order valence-corrected chi connectivity index (χ4v) is 2.55. The third kappa shape index (κ3) is 4.42. The molecule has 1 N–H and O–H groups in total. The summed E-state index contributed by atoms with van der Waals surface area (Å²) >= 11 is 0. The van der Waals surface area contributed by atoms with Crippen molar-refractivity contribution in [1.29, 1.82) is 0 Å². The van der Waals surface area contributed by atoms with Gasteiger partial charge in [-0.15, -0.1) is 0 Å². The first kappa shape index (κ1) is 12.4. The van der Waals surface area contributed by atoms with Crippen molar-refractivity contribution < 1.29 is 0 Å². The van der Waals surface area contributed by atoms with Crippen molar-refractivity contribution in [1.82, 2.24) is 10.2 Å². The van der Waals surface area contributed by atoms with Crippen LogP contribution in [0.2, 0.25) is 0 Å². The molecule has 2 rings (SSSR count). The smallest absolute Gasteiger partial charge is 0.00965 e. The zero-order valence-corrected chi connectivity index (χ0v) is 11.0. The van der Waals surface area contributed by atoms with Gasteiger partial charge in [0.1, 0.15) is 0 Å². The molecule has 2 fully saturated rings. The van der Waals surface area contributed by atoms with E-state index in [0.29, 0.717) is 6.04 Å². The van der Waals surface area contributed by atoms with Crippen molar-refractivity contribution in [3.8, 4) is 0 Å². The van der Waals surface area contributed by atoms with E-state index in [1.165, 1.54) is 51.6 Å². The van der Waals surface area contributed by atoms with Gasteiger partial charge in [-0.2, -0.15) is 0 Å². The Balaban J connectivity index is 1.57. The van der Waals surface area contributed by atoms with E-state index >= 15 is 0 Å². The van der Waals surface area contributed by atoms with Crippen LogP contribution in [0, 0.1) is 5.92 Å². The Hall–Kier alpha value is -0.0800. The van der Waals surface area contributed by atoms with Gasteiger partial charge in [0.2, 0.25) is 0 Å². The van der Waals surface area contributed by atoms with Crippen LogP contribution in [-0.4, -0.2) is 36.6 Å². The maximum absolute atomic E-state index is 3.50. The molecule has 2 saturated carbocycles. The fraction of sp³-hybridized carbons (Fsp3) is 1.00. The lowest BCUT2D eigenvalue weighted by Crippen LogP contribution is -2.31. The Kier molecular flexibility index (Phi) is 4.66. The molecule has 1 unspecified atom stereocenters. The maximum Gasteiger partial charge on any atom is 0.00965 e. The molecule has 0 aliphatic heterocycles. The molecule has 1 atom stereocenters. The Labute approximate surface area is 101 Å². The highest BCUT2D eigenvalue weighted by Crippen LogP contribution is 2.34. The van der Waals surface area contributed by atoms with E-state index in [1.54, 1.807) is 0 Å². The molecule has 0 aromatic rings. The highest BCUT2D eigenvalue weighted by molar-refractivity contribution is 4.88. The molecule has 2 heteroatoms. The van der Waals surface area contributed by atoms with Crippen LogP contribution in [0.4, 0.5) is 0 Å². The van der Waals surface area contributed by atoms with Crippen LogP contribution in [-0.2, 0) is 0 Å². The summed E-state index contributed by atoms with van der Waals surface area (Å²) < 4.78 is 0. The molecule has 0 spiro atoms. The first-order valence-electron chi connectivity index (χ1n) is 7.27. The molecule has 0 saturated heterocycles. The first-order valence-corrected chi connectivity index (χ1v) is 7.27. The molecular weight excluding hydrogens is 196 g/mol. The van der Waals surface area contributed by atoms with Crippen LogP contribution in [0.25, 0.3) is 0 Å². The minimum absolute atomic E-state index is 0.701. The van der Waals surface area contributed by atoms with Crippen LogP contribution in [0.5, 0.6) is 0 Å². The van der Waals surface area contributed by atoms with Gasteiger partial charge >= 0.3 is 0 Å². The summed E-state index contributed by atoms with van der Waals surface area (Å²) in [5.74, 6) is 1.06. The second-order valence-corrected chi connectivity index (χ2v) is 5.77. The SMILES string of the molecule is CCNC(C)CCCN(CC1CC1)C1CC1. The highest BCUT2D eigenvalue weighted by Gasteiger charge is 2.33. The molecule has 2 aliphatic rings. The molecule has 0 aromatic carbocycles. The quantitative estimate of drug-likeness (QED) is 0.648. The summed E-state index contributed by atoms with van der Waals surface area (Å²) in [7, 11) is 0. The topological polar surface area (TPSA) is 15.3 Å². The lowest BCUT2D eigenvalue weighted by atomic mass is 10.1. The number of hydrogen-bond donors (Lipinski definition) is 1. The number of nitrogens with zero attached hydrogens (tertiary/aromatic N) is 1. The summed E-state index contributed by atoms with van der Waals surface area (Å²) in [6, 6.07) is 1.67. The predicted octanol–water partition coefficient (Wildman–Crippen LogP) is 2.64. The number of rotatable bonds is 9. The van der Waals surface area contributed by atoms with E-state index in [-0.39, 0.29) is 0 Å². The van der Waals surface area contributed by atoms with Gasteiger partial charge in [-0.05, 0) is 64.5 Å². The van der Waals surface area contributed by atoms with Crippen LogP contribution >= 0.6 is 0 Å². The van der Waals surface area contributed by atoms with Crippen LogP contribution in [0.1, 0.15) is 52.4 Å². The van der Waals surface area contributed by atoms with Crippen LogP contribution in [0.3, 0.4) is 0 Å². The molecule has 16 heavy (non-hydrogen) atoms. The number of hydrogen-bond acceptors (Lipinski definition) is 2. The summed E-state index contributed by atoms with van der Waals surface area (Å²) in [6.07, 6.45) is 8.64. The largest absolute Gasteiger partial charge is 0.315 e. The Bertz CT molecular complexity index is 197. The van der Waals surface area contributed by atoms with E-state index in [2.05, 4.69) is 24.1 Å². The van der Waals surface area contributed by atoms with E-state index < -0.39 is 0 Å². The molecule has 0 amide bonds. The van der Waals surface area contributed by atoms with Crippen molar-refractivity contribution in [2.24, 2.45) is 5.92 Å². The summed E-state index contributed by atoms with van der Waals surface area (Å²) in [4.78, 5) is 2.77. The molecule has 2 nitrogen and oxygen atoms in total. The van der Waals surface area contributed by atoms with Crippen LogP contribution in [0.15, 0.2) is 0 Å². The van der Waals surface area contributed by atoms with Gasteiger partial charge in [-0.25, -0.2) is 0 Å². The maximum atomic E-state index is 3.50. The molecule has 0 radical (unpaired) electrons. The van der Waals surface area contributed by atoms with Gasteiger partial charge in [-0.3, -0.25) is 0 Å². The molecular formula is C14H28N2. The van der Waals surface area contributed by atoms with E-state index in [1.807, 2.05) is 0 Å². The summed E-state index contributed by atoms with van der Waals surface area (Å²) in [5.41, 5.74) is 0. The van der Waals surface area contributed by atoms with E-state index in [9.17, 15) is 0 Å². The minimum Gasteiger partial charge on any atom is -0.315 e. The third-order valence-electron chi connectivity index (χ3n) is 3.89. The van der Waals surface area contributed by atoms with Crippen LogP contribution < -0.4 is 5.32 Å². The van der Waals surface area contributed by atoms with Gasteiger partial charge in [-0.1, -0.05) is 6.92 Å². The van der Waals surface area contributed by atoms with Gasteiger partial charge < -0.3 is 10.2 Å². The molecule has 2 aliphatic carbocycles. The van der Waals surface area contributed by atoms with Gasteiger partial charge in [0.15, 0.2) is 0 Å². The second kappa shape index (κ2) is 6.02. The predicted molar refractivity (Wildman–Crippen MR) is 69.7 cm³/mol. The monoisotopic (exact) mass is 224 g/mol. The normalized spacial score (nSPS) is 22.7. The standard InChI is InChI=1S/C14H28N2/c1-3-15-12(2)5-4-10-16(14-8-9-14)11-13-6-7-13/h12-15H,3-11H2,1-2H3. The van der Waals surface area contributed by atoms with E-state index in [4.69, 9.17) is 0 Å². The van der Waals surface area contributed by atoms with Crippen molar-refractivity contribution in [2.45, 2.75) is 64.5 Å². The molecule has 0 aromatic heterocycles. The highest BCUT2D eigenvalue weighted by atomic mass is 15.2. The van der Waals surface area contributed by atoms with Crippen molar-refractivity contribution in [3.63, 3.8) is 0 Å². The summed E-state index contributed by atoms with van der Waals surface area (Å²) in [5, 5.41) is 3.50. The van der Waals surface area contributed by atoms with Crippen molar-refractivity contribution >= 4 is 0 Å². The third-order valence-corrected chi connectivity index (χ3v) is 3.89. The van der Waals surface area contributed by atoms with Crippen molar-refractivity contribution in [2.75, 3.05) is 19.6 Å². The lowest BCUT2D eigenvalue weighted by Gasteiger charge is -2.22. The van der Waals surface area contributed by atoms with Gasteiger partial charge in [0.25, 0.3) is 0 Å². The average Bonchev–Trinajstić information content (AvgIpc) is 3.11. The molecule has 0 heterocycles. The first-order chi connectivity index (χ1) is 7.79. The zero-order chi connectivity index (χ0) is 11.4. The van der Waals surface area contributed by atoms with Crippen molar-refractivity contribution in [3.05, 3.63) is 0 Å². The fourth-order valence-electron chi connectivity index (χ4n) is 2.55. The number of nitrogens with one attached hydrogen (secondary N) is 1. The second-order valence-electron chi connectivity index (χ2n) is 5.77. The van der Waals surface area contributed by atoms with E-state index in [0.717, 1.165) is 18.5 Å². The average molecular weight is 224 g/mol. The minimum atomic E-state index is 0.701.